The van der Waals surface area contributed by atoms with Crippen molar-refractivity contribution >= 4 is 52.1 Å². The van der Waals surface area contributed by atoms with Gasteiger partial charge in [-0.3, -0.25) is 23.2 Å². The van der Waals surface area contributed by atoms with Crippen LogP contribution in [0.25, 0.3) is 11.3 Å². The van der Waals surface area contributed by atoms with Crippen LogP contribution < -0.4 is 20.9 Å². The van der Waals surface area contributed by atoms with Gasteiger partial charge in [-0.25, -0.2) is 9.07 Å². The number of halogens is 1. The van der Waals surface area contributed by atoms with Crippen LogP contribution in [0.1, 0.15) is 11.1 Å². The zero-order chi connectivity index (χ0) is 27.2. The average Bonchev–Trinajstić information content (AvgIpc) is 3.36. The van der Waals surface area contributed by atoms with Crippen LogP contribution >= 0.6 is 29.6 Å². The van der Waals surface area contributed by atoms with Gasteiger partial charge in [-0.1, -0.05) is 12.1 Å². The van der Waals surface area contributed by atoms with E-state index in [0.717, 1.165) is 10.9 Å². The second-order valence-corrected chi connectivity index (χ2v) is 12.9. The number of nitrogens with zero attached hydrogens (tertiary/aromatic N) is 3. The fourth-order valence-corrected chi connectivity index (χ4v) is 6.35. The summed E-state index contributed by atoms with van der Waals surface area (Å²) in [6.07, 6.45) is 1.16. The van der Waals surface area contributed by atoms with Crippen molar-refractivity contribution in [3.05, 3.63) is 86.6 Å². The summed E-state index contributed by atoms with van der Waals surface area (Å²) in [4.78, 5) is 24.3. The van der Waals surface area contributed by atoms with Crippen molar-refractivity contribution in [1.82, 2.24) is 9.78 Å². The molecule has 2 aromatic carbocycles. The Hall–Kier alpha value is -3.52. The van der Waals surface area contributed by atoms with Crippen LogP contribution in [0.4, 0.5) is 15.8 Å². The number of hydrogen-bond acceptors (Lipinski definition) is 9. The van der Waals surface area contributed by atoms with Crippen LogP contribution in [0.2, 0.25) is 0 Å². The van der Waals surface area contributed by atoms with Gasteiger partial charge in [0, 0.05) is 17.2 Å². The number of fused-ring (bicyclic) bond motifs is 1. The highest BCUT2D eigenvalue weighted by Crippen LogP contribution is 2.48. The van der Waals surface area contributed by atoms with Crippen molar-refractivity contribution < 1.29 is 28.1 Å². The lowest BCUT2D eigenvalue weighted by Gasteiger charge is -2.30. The summed E-state index contributed by atoms with van der Waals surface area (Å²) in [7, 11) is -7.63. The largest absolute Gasteiger partial charge is 0.505 e. The Morgan fingerprint density at radius 1 is 1.18 bits per heavy atom. The third-order valence-electron chi connectivity index (χ3n) is 5.52. The first-order valence-electron chi connectivity index (χ1n) is 10.9. The van der Waals surface area contributed by atoms with E-state index in [0.29, 0.717) is 11.1 Å². The van der Waals surface area contributed by atoms with Gasteiger partial charge in [0.2, 0.25) is 0 Å². The molecule has 0 radical (unpaired) electrons. The van der Waals surface area contributed by atoms with E-state index in [2.05, 4.69) is 19.9 Å². The van der Waals surface area contributed by atoms with Gasteiger partial charge in [0.05, 0.1) is 23.2 Å². The SMILES string of the molecule is CS(O)(O)Nc1ccc2c(c1)P(=O)(O)N=C(c1c(O)c(-c3ccsc3)nn(Cc3ccc(F)cc3)c1=O)N2. The van der Waals surface area contributed by atoms with Crippen LogP contribution in [0.5, 0.6) is 5.75 Å². The Bertz CT molecular complexity index is 1670. The van der Waals surface area contributed by atoms with Crippen LogP contribution in [0.15, 0.2) is 68.8 Å². The number of thiophene rings is 1. The zero-order valence-corrected chi connectivity index (χ0v) is 22.1. The summed E-state index contributed by atoms with van der Waals surface area (Å²) in [5.41, 5.74) is 0.281. The molecule has 11 nitrogen and oxygen atoms in total. The van der Waals surface area contributed by atoms with E-state index in [9.17, 15) is 32.9 Å². The summed E-state index contributed by atoms with van der Waals surface area (Å²) in [6, 6.07) is 11.3. The Morgan fingerprint density at radius 3 is 2.58 bits per heavy atom. The Labute approximate surface area is 220 Å². The standard InChI is InChI=1S/C23H21FN5O6PS2/c1-38(34,35)28-16-6-7-17-18(10-16)36(32,33)27-22(25-17)19-21(30)20(14-8-9-37-12-14)26-29(23(19)31)11-13-2-4-15(24)5-3-13/h2-10,12,28,30,34-35H,11H2,1H3,(H2,25,27,32,33). The number of aromatic hydroxyl groups is 1. The van der Waals surface area contributed by atoms with E-state index in [1.54, 1.807) is 16.8 Å². The van der Waals surface area contributed by atoms with Gasteiger partial charge in [-0.05, 0) is 47.3 Å². The maximum absolute atomic E-state index is 13.5. The van der Waals surface area contributed by atoms with Gasteiger partial charge < -0.3 is 15.3 Å². The van der Waals surface area contributed by atoms with Gasteiger partial charge in [0.15, 0.2) is 11.6 Å². The molecule has 0 fully saturated rings. The minimum Gasteiger partial charge on any atom is -0.505 e. The number of aromatic nitrogens is 2. The molecule has 1 atom stereocenters. The molecule has 3 heterocycles. The van der Waals surface area contributed by atoms with Gasteiger partial charge >= 0.3 is 7.52 Å². The van der Waals surface area contributed by atoms with E-state index in [1.807, 2.05) is 0 Å². The van der Waals surface area contributed by atoms with Crippen molar-refractivity contribution in [3.63, 3.8) is 0 Å². The van der Waals surface area contributed by atoms with Crippen molar-refractivity contribution in [2.45, 2.75) is 6.54 Å². The topological polar surface area (TPSA) is 169 Å². The summed E-state index contributed by atoms with van der Waals surface area (Å²) >= 11 is 1.35. The van der Waals surface area contributed by atoms with Crippen molar-refractivity contribution in [2.24, 2.45) is 4.76 Å². The first kappa shape index (κ1) is 26.1. The summed E-state index contributed by atoms with van der Waals surface area (Å²) in [6.45, 7) is -0.0668. The Balaban J connectivity index is 1.64. The number of anilines is 2. The van der Waals surface area contributed by atoms with Gasteiger partial charge in [0.1, 0.15) is 17.1 Å². The highest BCUT2D eigenvalue weighted by atomic mass is 32.3. The second kappa shape index (κ2) is 9.66. The first-order chi connectivity index (χ1) is 17.9. The van der Waals surface area contributed by atoms with Crippen molar-refractivity contribution in [2.75, 3.05) is 16.3 Å². The predicted molar refractivity (Wildman–Crippen MR) is 147 cm³/mol. The third kappa shape index (κ3) is 5.23. The van der Waals surface area contributed by atoms with Crippen LogP contribution in [-0.4, -0.2) is 41.0 Å². The Morgan fingerprint density at radius 2 is 1.92 bits per heavy atom. The van der Waals surface area contributed by atoms with E-state index < -0.39 is 35.4 Å². The van der Waals surface area contributed by atoms with Crippen molar-refractivity contribution in [3.8, 4) is 17.0 Å². The van der Waals surface area contributed by atoms with Crippen LogP contribution in [-0.2, 0) is 11.1 Å². The summed E-state index contributed by atoms with van der Waals surface area (Å²) in [5, 5.41) is 21.6. The molecule has 1 aliphatic rings. The number of benzene rings is 2. The van der Waals surface area contributed by atoms with E-state index in [1.165, 1.54) is 53.8 Å². The number of nitrogens with one attached hydrogen (secondary N) is 2. The fraction of sp³-hybridized carbons (Fsp3) is 0.0870. The highest BCUT2D eigenvalue weighted by molar-refractivity contribution is 8.24. The third-order valence-corrected chi connectivity index (χ3v) is 8.29. The molecule has 4 aromatic rings. The lowest BCUT2D eigenvalue weighted by atomic mass is 10.1. The number of hydrogen-bond donors (Lipinski definition) is 6. The minimum absolute atomic E-state index is 0.0544. The zero-order valence-electron chi connectivity index (χ0n) is 19.6. The van der Waals surface area contributed by atoms with Gasteiger partial charge in [0.25, 0.3) is 5.56 Å². The molecule has 6 N–H and O–H groups in total. The molecule has 5 rings (SSSR count). The Kier molecular flexibility index (Phi) is 6.63. The molecule has 0 amide bonds. The average molecular weight is 578 g/mol. The fourth-order valence-electron chi connectivity index (χ4n) is 3.86. The van der Waals surface area contributed by atoms with Crippen LogP contribution in [0.3, 0.4) is 0 Å². The molecule has 198 valence electrons. The molecule has 38 heavy (non-hydrogen) atoms. The molecule has 0 saturated carbocycles. The molecular formula is C23H21FN5O6PS2. The first-order valence-corrected chi connectivity index (χ1v) is 15.4. The molecule has 0 bridgehead atoms. The maximum Gasteiger partial charge on any atom is 0.346 e. The predicted octanol–water partition coefficient (Wildman–Crippen LogP) is 4.26. The maximum atomic E-state index is 13.5. The quantitative estimate of drug-likeness (QED) is 0.183. The smallest absolute Gasteiger partial charge is 0.346 e. The molecular weight excluding hydrogens is 556 g/mol. The minimum atomic E-state index is -4.48. The molecule has 0 spiro atoms. The van der Waals surface area contributed by atoms with E-state index >= 15 is 0 Å². The monoisotopic (exact) mass is 577 g/mol. The molecule has 0 saturated heterocycles. The lowest BCUT2D eigenvalue weighted by molar-refractivity contribution is 0.464. The van der Waals surface area contributed by atoms with Gasteiger partial charge in [-0.2, -0.15) is 21.2 Å². The molecule has 1 unspecified atom stereocenters. The second-order valence-electron chi connectivity index (χ2n) is 8.46. The highest BCUT2D eigenvalue weighted by Gasteiger charge is 2.34. The van der Waals surface area contributed by atoms with E-state index in [4.69, 9.17) is 0 Å². The number of rotatable bonds is 6. The molecule has 1 aliphatic heterocycles. The molecule has 2 aromatic heterocycles. The van der Waals surface area contributed by atoms with E-state index in [-0.39, 0.29) is 40.3 Å². The summed E-state index contributed by atoms with van der Waals surface area (Å²) < 4.78 is 53.4. The normalized spacial score (nSPS) is 17.3. The van der Waals surface area contributed by atoms with Crippen LogP contribution in [0, 0.1) is 5.82 Å². The summed E-state index contributed by atoms with van der Waals surface area (Å²) in [5.74, 6) is -1.31. The lowest BCUT2D eigenvalue weighted by Crippen LogP contribution is -2.34. The molecule has 0 aliphatic carbocycles. The number of amidine groups is 1. The van der Waals surface area contributed by atoms with Crippen molar-refractivity contribution in [1.29, 1.82) is 0 Å². The molecule has 15 heteroatoms. The van der Waals surface area contributed by atoms with Gasteiger partial charge in [-0.15, -0.1) is 10.8 Å².